The summed E-state index contributed by atoms with van der Waals surface area (Å²) in [6.07, 6.45) is 2.81. The largest absolute Gasteiger partial charge is 0.378 e. The van der Waals surface area contributed by atoms with E-state index in [1.165, 1.54) is 6.07 Å². The molecule has 0 bridgehead atoms. The molecule has 1 aromatic carbocycles. The minimum absolute atomic E-state index is 0.0896. The summed E-state index contributed by atoms with van der Waals surface area (Å²) in [5.74, 6) is 0.0939. The van der Waals surface area contributed by atoms with Crippen LogP contribution in [0.4, 0.5) is 4.39 Å². The number of rotatable bonds is 2. The topological polar surface area (TPSA) is 44.5 Å². The molecule has 2 heterocycles. The summed E-state index contributed by atoms with van der Waals surface area (Å²) >= 11 is 3.22. The van der Waals surface area contributed by atoms with Gasteiger partial charge >= 0.3 is 0 Å². The van der Waals surface area contributed by atoms with Gasteiger partial charge in [-0.15, -0.1) is 0 Å². The fourth-order valence-corrected chi connectivity index (χ4v) is 3.62. The van der Waals surface area contributed by atoms with Crippen LogP contribution >= 0.6 is 15.9 Å². The SMILES string of the molecule is NC(c1ccc(F)c(Br)c1)C1CCOC2(CCOC2)C1. The molecule has 3 rings (SSSR count). The molecular formula is C15H19BrFNO2. The highest BCUT2D eigenvalue weighted by atomic mass is 79.9. The molecule has 0 radical (unpaired) electrons. The van der Waals surface area contributed by atoms with Crippen molar-refractivity contribution in [3.05, 3.63) is 34.1 Å². The van der Waals surface area contributed by atoms with Crippen LogP contribution in [0.2, 0.25) is 0 Å². The summed E-state index contributed by atoms with van der Waals surface area (Å²) in [7, 11) is 0. The second-order valence-electron chi connectivity index (χ2n) is 5.79. The van der Waals surface area contributed by atoms with Crippen molar-refractivity contribution in [3.8, 4) is 0 Å². The zero-order valence-corrected chi connectivity index (χ0v) is 12.9. The van der Waals surface area contributed by atoms with Crippen LogP contribution in [0.5, 0.6) is 0 Å². The second-order valence-corrected chi connectivity index (χ2v) is 6.64. The van der Waals surface area contributed by atoms with E-state index in [1.807, 2.05) is 0 Å². The molecule has 0 aromatic heterocycles. The third-order valence-electron chi connectivity index (χ3n) is 4.43. The van der Waals surface area contributed by atoms with Gasteiger partial charge in [0.1, 0.15) is 5.82 Å². The fourth-order valence-electron chi connectivity index (χ4n) is 3.23. The molecule has 5 heteroatoms. The predicted molar refractivity (Wildman–Crippen MR) is 77.9 cm³/mol. The molecule has 3 atom stereocenters. The van der Waals surface area contributed by atoms with Crippen molar-refractivity contribution in [2.24, 2.45) is 11.7 Å². The first kappa shape index (κ1) is 14.4. The molecular weight excluding hydrogens is 325 g/mol. The smallest absolute Gasteiger partial charge is 0.137 e. The zero-order chi connectivity index (χ0) is 14.2. The van der Waals surface area contributed by atoms with Crippen LogP contribution in [0.25, 0.3) is 0 Å². The first-order chi connectivity index (χ1) is 9.60. The number of hydrogen-bond acceptors (Lipinski definition) is 3. The lowest BCUT2D eigenvalue weighted by Gasteiger charge is -2.39. The molecule has 110 valence electrons. The highest BCUT2D eigenvalue weighted by molar-refractivity contribution is 9.10. The molecule has 2 fully saturated rings. The third kappa shape index (κ3) is 2.77. The van der Waals surface area contributed by atoms with Crippen LogP contribution in [-0.2, 0) is 9.47 Å². The Morgan fingerprint density at radius 2 is 2.25 bits per heavy atom. The highest BCUT2D eigenvalue weighted by Gasteiger charge is 2.42. The number of benzene rings is 1. The lowest BCUT2D eigenvalue weighted by atomic mass is 9.79. The molecule has 0 amide bonds. The van der Waals surface area contributed by atoms with E-state index >= 15 is 0 Å². The maximum Gasteiger partial charge on any atom is 0.137 e. The Labute approximate surface area is 126 Å². The van der Waals surface area contributed by atoms with E-state index in [9.17, 15) is 4.39 Å². The van der Waals surface area contributed by atoms with Crippen molar-refractivity contribution in [2.75, 3.05) is 19.8 Å². The second kappa shape index (κ2) is 5.72. The van der Waals surface area contributed by atoms with Gasteiger partial charge in [0.2, 0.25) is 0 Å². The molecule has 3 unspecified atom stereocenters. The van der Waals surface area contributed by atoms with Crippen LogP contribution in [0, 0.1) is 11.7 Å². The minimum Gasteiger partial charge on any atom is -0.378 e. The molecule has 2 aliphatic heterocycles. The number of ether oxygens (including phenoxy) is 2. The monoisotopic (exact) mass is 343 g/mol. The van der Waals surface area contributed by atoms with Crippen LogP contribution < -0.4 is 5.73 Å². The number of halogens is 2. The molecule has 2 saturated heterocycles. The van der Waals surface area contributed by atoms with E-state index in [1.54, 1.807) is 12.1 Å². The maximum atomic E-state index is 13.3. The van der Waals surface area contributed by atoms with Gasteiger partial charge in [-0.3, -0.25) is 0 Å². The summed E-state index contributed by atoms with van der Waals surface area (Å²) in [6.45, 7) is 2.16. The van der Waals surface area contributed by atoms with Crippen molar-refractivity contribution in [1.29, 1.82) is 0 Å². The average molecular weight is 344 g/mol. The van der Waals surface area contributed by atoms with Crippen molar-refractivity contribution < 1.29 is 13.9 Å². The third-order valence-corrected chi connectivity index (χ3v) is 5.04. The van der Waals surface area contributed by atoms with Gasteiger partial charge in [0, 0.05) is 25.7 Å². The van der Waals surface area contributed by atoms with Crippen LogP contribution in [0.1, 0.15) is 30.9 Å². The first-order valence-electron chi connectivity index (χ1n) is 7.02. The van der Waals surface area contributed by atoms with Gasteiger partial charge in [-0.05, 0) is 52.4 Å². The predicted octanol–water partition coefficient (Wildman–Crippen LogP) is 3.17. The Hall–Kier alpha value is -0.490. The first-order valence-corrected chi connectivity index (χ1v) is 7.81. The maximum absolute atomic E-state index is 13.3. The Balaban J connectivity index is 1.75. The molecule has 3 nitrogen and oxygen atoms in total. The zero-order valence-electron chi connectivity index (χ0n) is 11.3. The van der Waals surface area contributed by atoms with E-state index in [0.717, 1.165) is 38.0 Å². The van der Waals surface area contributed by atoms with Gasteiger partial charge in [-0.1, -0.05) is 6.07 Å². The van der Waals surface area contributed by atoms with Gasteiger partial charge in [-0.2, -0.15) is 0 Å². The van der Waals surface area contributed by atoms with E-state index in [2.05, 4.69) is 15.9 Å². The molecule has 2 N–H and O–H groups in total. The van der Waals surface area contributed by atoms with E-state index in [-0.39, 0.29) is 17.5 Å². The Kier molecular flexibility index (Phi) is 4.13. The van der Waals surface area contributed by atoms with Gasteiger partial charge in [0.25, 0.3) is 0 Å². The van der Waals surface area contributed by atoms with Crippen molar-refractivity contribution >= 4 is 15.9 Å². The molecule has 20 heavy (non-hydrogen) atoms. The molecule has 0 saturated carbocycles. The van der Waals surface area contributed by atoms with Gasteiger partial charge < -0.3 is 15.2 Å². The van der Waals surface area contributed by atoms with Gasteiger partial charge in [0.15, 0.2) is 0 Å². The quantitative estimate of drug-likeness (QED) is 0.896. The lowest BCUT2D eigenvalue weighted by molar-refractivity contribution is -0.101. The lowest BCUT2D eigenvalue weighted by Crippen LogP contribution is -2.43. The summed E-state index contributed by atoms with van der Waals surface area (Å²) < 4.78 is 25.2. The normalized spacial score (nSPS) is 31.6. The fraction of sp³-hybridized carbons (Fsp3) is 0.600. The van der Waals surface area contributed by atoms with Crippen LogP contribution in [-0.4, -0.2) is 25.4 Å². The standard InChI is InChI=1S/C15H19BrFNO2/c16-12-7-10(1-2-13(12)17)14(18)11-3-5-20-15(8-11)4-6-19-9-15/h1-2,7,11,14H,3-6,8-9,18H2. The van der Waals surface area contributed by atoms with Crippen molar-refractivity contribution in [1.82, 2.24) is 0 Å². The van der Waals surface area contributed by atoms with Crippen molar-refractivity contribution in [2.45, 2.75) is 30.9 Å². The Morgan fingerprint density at radius 3 is 2.95 bits per heavy atom. The highest BCUT2D eigenvalue weighted by Crippen LogP contribution is 2.40. The summed E-state index contributed by atoms with van der Waals surface area (Å²) in [5.41, 5.74) is 7.23. The summed E-state index contributed by atoms with van der Waals surface area (Å²) in [6, 6.07) is 4.94. The molecule has 0 aliphatic carbocycles. The van der Waals surface area contributed by atoms with Gasteiger partial charge in [-0.25, -0.2) is 4.39 Å². The molecule has 1 spiro atoms. The molecule has 1 aromatic rings. The Morgan fingerprint density at radius 1 is 1.40 bits per heavy atom. The summed E-state index contributed by atoms with van der Waals surface area (Å²) in [4.78, 5) is 0. The van der Waals surface area contributed by atoms with E-state index < -0.39 is 0 Å². The Bertz CT molecular complexity index is 491. The number of nitrogens with two attached hydrogens (primary N) is 1. The van der Waals surface area contributed by atoms with Gasteiger partial charge in [0.05, 0.1) is 16.7 Å². The molecule has 2 aliphatic rings. The minimum atomic E-state index is -0.256. The van der Waals surface area contributed by atoms with E-state index in [0.29, 0.717) is 17.0 Å². The average Bonchev–Trinajstić information content (AvgIpc) is 2.89. The summed E-state index contributed by atoms with van der Waals surface area (Å²) in [5, 5.41) is 0. The number of hydrogen-bond donors (Lipinski definition) is 1. The van der Waals surface area contributed by atoms with Crippen LogP contribution in [0.3, 0.4) is 0 Å². The van der Waals surface area contributed by atoms with E-state index in [4.69, 9.17) is 15.2 Å². The van der Waals surface area contributed by atoms with Crippen molar-refractivity contribution in [3.63, 3.8) is 0 Å². The van der Waals surface area contributed by atoms with Crippen LogP contribution in [0.15, 0.2) is 22.7 Å².